The Morgan fingerprint density at radius 1 is 0.472 bits per heavy atom. The van der Waals surface area contributed by atoms with Gasteiger partial charge >= 0.3 is 0 Å². The van der Waals surface area contributed by atoms with Crippen LogP contribution in [0.5, 0.6) is 0 Å². The molecule has 11 rings (SSSR count). The lowest BCUT2D eigenvalue weighted by Crippen LogP contribution is -2.07. The maximum absolute atomic E-state index is 8.97. The van der Waals surface area contributed by atoms with Crippen molar-refractivity contribution in [1.29, 1.82) is 0 Å². The van der Waals surface area contributed by atoms with Gasteiger partial charge in [0.25, 0.3) is 0 Å². The van der Waals surface area contributed by atoms with Crippen molar-refractivity contribution in [3.05, 3.63) is 170 Å². The fraction of sp³-hybridized carbons (Fsp3) is 0. The lowest BCUT2D eigenvalue weighted by Gasteiger charge is -2.13. The Morgan fingerprint density at radius 2 is 1.09 bits per heavy atom. The van der Waals surface area contributed by atoms with Crippen LogP contribution in [0.15, 0.2) is 174 Å². The van der Waals surface area contributed by atoms with Crippen LogP contribution in [0, 0.1) is 0 Å². The molecular formula is C46H28N6O. The maximum atomic E-state index is 8.97. The van der Waals surface area contributed by atoms with E-state index in [1.54, 1.807) is 0 Å². The number of hydrogen-bond acceptors (Lipinski definition) is 5. The molecule has 0 spiro atoms. The Kier molecular flexibility index (Phi) is 5.40. The van der Waals surface area contributed by atoms with Gasteiger partial charge in [0.05, 0.1) is 34.5 Å². The molecule has 7 nitrogen and oxygen atoms in total. The van der Waals surface area contributed by atoms with E-state index in [1.807, 2.05) is 102 Å². The molecule has 53 heavy (non-hydrogen) atoms. The third-order valence-electron chi connectivity index (χ3n) is 9.71. The highest BCUT2D eigenvalue weighted by molar-refractivity contribution is 6.23. The van der Waals surface area contributed by atoms with Gasteiger partial charge in [-0.2, -0.15) is 9.97 Å². The highest BCUT2D eigenvalue weighted by Crippen LogP contribution is 2.42. The quantitative estimate of drug-likeness (QED) is 0.180. The molecular weight excluding hydrogens is 653 g/mol. The zero-order valence-corrected chi connectivity index (χ0v) is 27.9. The molecule has 0 radical (unpaired) electrons. The lowest BCUT2D eigenvalue weighted by atomic mass is 10.1. The predicted molar refractivity (Wildman–Crippen MR) is 212 cm³/mol. The van der Waals surface area contributed by atoms with Gasteiger partial charge in [-0.25, -0.2) is 9.97 Å². The molecule has 0 bridgehead atoms. The molecule has 0 saturated heterocycles. The molecule has 0 fully saturated rings. The molecule has 0 aliphatic heterocycles. The average molecular weight is 686 g/mol. The number of benzene rings is 7. The Bertz CT molecular complexity index is 3440. The first-order valence-corrected chi connectivity index (χ1v) is 17.2. The number of oxazole rings is 1. The van der Waals surface area contributed by atoms with E-state index in [1.165, 1.54) is 0 Å². The number of rotatable bonds is 5. The van der Waals surface area contributed by atoms with Crippen molar-refractivity contribution in [2.75, 3.05) is 0 Å². The van der Waals surface area contributed by atoms with Crippen molar-refractivity contribution in [2.24, 2.45) is 0 Å². The molecule has 0 amide bonds. The summed E-state index contributed by atoms with van der Waals surface area (Å²) in [6, 6.07) is 43.5. The molecule has 248 valence electrons. The van der Waals surface area contributed by atoms with E-state index in [2.05, 4.69) is 47.0 Å². The smallest absolute Gasteiger partial charge is 0.238 e. The summed E-state index contributed by atoms with van der Waals surface area (Å²) in [6.07, 6.45) is 0. The van der Waals surface area contributed by atoms with Crippen LogP contribution in [0.25, 0.3) is 101 Å². The zero-order chi connectivity index (χ0) is 39.2. The van der Waals surface area contributed by atoms with Crippen molar-refractivity contribution in [3.63, 3.8) is 0 Å². The van der Waals surface area contributed by atoms with Crippen molar-refractivity contribution in [2.45, 2.75) is 0 Å². The Hall–Kier alpha value is -7.38. The minimum absolute atomic E-state index is 0.0847. The molecule has 11 aromatic rings. The molecule has 0 saturated carbocycles. The summed E-state index contributed by atoms with van der Waals surface area (Å²) < 4.78 is 54.0. The van der Waals surface area contributed by atoms with E-state index >= 15 is 0 Å². The summed E-state index contributed by atoms with van der Waals surface area (Å²) >= 11 is 0. The second-order valence-electron chi connectivity index (χ2n) is 12.7. The van der Waals surface area contributed by atoms with Gasteiger partial charge in [-0.1, -0.05) is 121 Å². The number of para-hydroxylation sites is 4. The third kappa shape index (κ3) is 4.54. The Morgan fingerprint density at radius 3 is 1.83 bits per heavy atom. The SMILES string of the molecule is [2H]c1c([2H])c([2H])c(-c2nc(-c3cccc4nc(-c5ccccc5)oc34)nc(-n3c4ccccc4c4ccc5c6ccccc6n(-c6ccccc6)c5c43)n2)c([2H])c1[2H]. The highest BCUT2D eigenvalue weighted by atomic mass is 16.3. The van der Waals surface area contributed by atoms with Crippen molar-refractivity contribution in [3.8, 4) is 45.9 Å². The fourth-order valence-electron chi connectivity index (χ4n) is 7.44. The van der Waals surface area contributed by atoms with Gasteiger partial charge < -0.3 is 8.98 Å². The number of hydrogen-bond donors (Lipinski definition) is 0. The summed E-state index contributed by atoms with van der Waals surface area (Å²) in [5.41, 5.74) is 6.71. The second-order valence-corrected chi connectivity index (χ2v) is 12.7. The molecule has 4 aromatic heterocycles. The van der Waals surface area contributed by atoms with Crippen molar-refractivity contribution >= 4 is 54.7 Å². The van der Waals surface area contributed by atoms with Gasteiger partial charge in [0.1, 0.15) is 5.52 Å². The topological polar surface area (TPSA) is 74.6 Å². The lowest BCUT2D eigenvalue weighted by molar-refractivity contribution is 0.620. The monoisotopic (exact) mass is 685 g/mol. The molecule has 0 aliphatic rings. The first-order chi connectivity index (χ1) is 28.4. The van der Waals surface area contributed by atoms with E-state index in [9.17, 15) is 0 Å². The van der Waals surface area contributed by atoms with Crippen LogP contribution in [0.4, 0.5) is 0 Å². The summed E-state index contributed by atoms with van der Waals surface area (Å²) in [4.78, 5) is 19.9. The Labute approximate surface area is 310 Å². The standard InChI is InChI=1S/C46H28N6O/c1-4-15-29(16-5-1)43-48-44(36-23-14-24-37-42(36)53-45(47-37)30-17-6-2-7-18-30)50-46(49-43)52-39-26-13-11-22-33(39)35-28-27-34-32-21-10-12-25-38(32)51(40(34)41(35)52)31-19-8-3-9-20-31/h1-28H/i1D,4D,5D,15D,16D. The molecule has 0 unspecified atom stereocenters. The first-order valence-electron chi connectivity index (χ1n) is 19.7. The van der Waals surface area contributed by atoms with Gasteiger partial charge in [0.2, 0.25) is 11.8 Å². The van der Waals surface area contributed by atoms with Crippen LogP contribution in [-0.2, 0) is 0 Å². The second kappa shape index (κ2) is 11.6. The summed E-state index contributed by atoms with van der Waals surface area (Å²) in [6.45, 7) is 0. The van der Waals surface area contributed by atoms with E-state index < -0.39 is 30.2 Å². The molecule has 4 heterocycles. The van der Waals surface area contributed by atoms with E-state index in [4.69, 9.17) is 31.2 Å². The van der Waals surface area contributed by atoms with Gasteiger partial charge in [0.15, 0.2) is 17.2 Å². The fourth-order valence-corrected chi connectivity index (χ4v) is 7.44. The summed E-state index contributed by atoms with van der Waals surface area (Å²) in [5.74, 6) is 0.699. The number of nitrogens with zero attached hydrogens (tertiary/aromatic N) is 6. The van der Waals surface area contributed by atoms with Gasteiger partial charge in [-0.3, -0.25) is 4.57 Å². The predicted octanol–water partition coefficient (Wildman–Crippen LogP) is 11.2. The first kappa shape index (κ1) is 24.7. The third-order valence-corrected chi connectivity index (χ3v) is 9.71. The van der Waals surface area contributed by atoms with Crippen LogP contribution >= 0.6 is 0 Å². The Balaban J connectivity index is 1.29. The largest absolute Gasteiger partial charge is 0.435 e. The number of fused-ring (bicyclic) bond motifs is 8. The minimum atomic E-state index is -0.508. The highest BCUT2D eigenvalue weighted by Gasteiger charge is 2.24. The van der Waals surface area contributed by atoms with Crippen LogP contribution in [0.1, 0.15) is 6.85 Å². The van der Waals surface area contributed by atoms with Crippen LogP contribution in [0.2, 0.25) is 0 Å². The zero-order valence-electron chi connectivity index (χ0n) is 32.9. The molecule has 7 aromatic carbocycles. The van der Waals surface area contributed by atoms with E-state index in [0.717, 1.165) is 54.9 Å². The van der Waals surface area contributed by atoms with Gasteiger partial charge in [0, 0.05) is 38.4 Å². The average Bonchev–Trinajstić information content (AvgIpc) is 3.96. The van der Waals surface area contributed by atoms with Gasteiger partial charge in [-0.05, 0) is 48.5 Å². The minimum Gasteiger partial charge on any atom is -0.435 e. The molecule has 7 heteroatoms. The van der Waals surface area contributed by atoms with Crippen molar-refractivity contribution < 1.29 is 11.3 Å². The summed E-state index contributed by atoms with van der Waals surface area (Å²) in [7, 11) is 0. The normalized spacial score (nSPS) is 13.1. The molecule has 0 aliphatic carbocycles. The molecule has 0 N–H and O–H groups in total. The maximum Gasteiger partial charge on any atom is 0.238 e. The van der Waals surface area contributed by atoms with Crippen LogP contribution in [0.3, 0.4) is 0 Å². The molecule has 0 atom stereocenters. The summed E-state index contributed by atoms with van der Waals surface area (Å²) in [5, 5.41) is 4.01. The van der Waals surface area contributed by atoms with Gasteiger partial charge in [-0.15, -0.1) is 0 Å². The van der Waals surface area contributed by atoms with E-state index in [-0.39, 0.29) is 23.2 Å². The van der Waals surface area contributed by atoms with Crippen molar-refractivity contribution in [1.82, 2.24) is 29.1 Å². The number of aromatic nitrogens is 6. The van der Waals surface area contributed by atoms with E-state index in [0.29, 0.717) is 22.6 Å². The van der Waals surface area contributed by atoms with Crippen LogP contribution in [-0.4, -0.2) is 29.1 Å². The van der Waals surface area contributed by atoms with Crippen LogP contribution < -0.4 is 0 Å².